The van der Waals surface area contributed by atoms with E-state index in [4.69, 9.17) is 0 Å². The van der Waals surface area contributed by atoms with E-state index in [2.05, 4.69) is 60.2 Å². The number of amides is 1. The van der Waals surface area contributed by atoms with E-state index in [0.29, 0.717) is 12.1 Å². The van der Waals surface area contributed by atoms with Crippen molar-refractivity contribution < 1.29 is 4.79 Å². The number of thiophene rings is 1. The highest BCUT2D eigenvalue weighted by Crippen LogP contribution is 2.23. The lowest BCUT2D eigenvalue weighted by molar-refractivity contribution is 0.0941. The van der Waals surface area contributed by atoms with E-state index in [1.165, 1.54) is 4.88 Å². The Kier molecular flexibility index (Phi) is 6.21. The number of nitrogens with zero attached hydrogens (tertiary/aromatic N) is 1. The molecule has 1 unspecified atom stereocenters. The lowest BCUT2D eigenvalue weighted by Gasteiger charge is -2.23. The second-order valence-electron chi connectivity index (χ2n) is 4.83. The van der Waals surface area contributed by atoms with Gasteiger partial charge in [0.05, 0.1) is 11.6 Å². The average molecular weight is 479 g/mol. The van der Waals surface area contributed by atoms with Crippen LogP contribution in [-0.4, -0.2) is 31.4 Å². The summed E-state index contributed by atoms with van der Waals surface area (Å²) in [4.78, 5) is 15.7. The Morgan fingerprint density at radius 3 is 2.81 bits per heavy atom. The number of carbonyl (C=O) groups excluding carboxylic acids is 1. The number of likely N-dealkylation sites (N-methyl/N-ethyl adjacent to an activating group) is 1. The highest BCUT2D eigenvalue weighted by molar-refractivity contribution is 14.1. The van der Waals surface area contributed by atoms with Crippen LogP contribution in [0.3, 0.4) is 0 Å². The Labute approximate surface area is 151 Å². The highest BCUT2D eigenvalue weighted by Gasteiger charge is 2.17. The van der Waals surface area contributed by atoms with Gasteiger partial charge in [-0.3, -0.25) is 4.79 Å². The van der Waals surface area contributed by atoms with Crippen LogP contribution in [0.5, 0.6) is 0 Å². The minimum Gasteiger partial charge on any atom is -0.350 e. The standard InChI is InChI=1S/C15H16BrIN2OS/c1-19(2)13(14-4-3-7-21-14)9-18-15(20)11-8-10(17)5-6-12(11)16/h3-8,13H,9H2,1-2H3,(H,18,20). The maximum absolute atomic E-state index is 12.4. The first kappa shape index (κ1) is 16.9. The summed E-state index contributed by atoms with van der Waals surface area (Å²) in [5, 5.41) is 5.09. The lowest BCUT2D eigenvalue weighted by atomic mass is 10.2. The lowest BCUT2D eigenvalue weighted by Crippen LogP contribution is -2.34. The molecule has 2 rings (SSSR count). The predicted octanol–water partition coefficient (Wildman–Crippen LogP) is 4.15. The summed E-state index contributed by atoms with van der Waals surface area (Å²) in [5.74, 6) is -0.0520. The van der Waals surface area contributed by atoms with Crippen LogP contribution in [0.15, 0.2) is 40.2 Å². The molecule has 0 spiro atoms. The van der Waals surface area contributed by atoms with E-state index < -0.39 is 0 Å². The summed E-state index contributed by atoms with van der Waals surface area (Å²) >= 11 is 7.35. The fourth-order valence-corrected chi connectivity index (χ4v) is 3.82. The molecule has 1 heterocycles. The Balaban J connectivity index is 2.07. The average Bonchev–Trinajstić information content (AvgIpc) is 2.95. The van der Waals surface area contributed by atoms with Crippen LogP contribution in [0.1, 0.15) is 21.3 Å². The third-order valence-electron chi connectivity index (χ3n) is 3.12. The molecule has 0 fully saturated rings. The van der Waals surface area contributed by atoms with Gasteiger partial charge in [-0.1, -0.05) is 6.07 Å². The minimum absolute atomic E-state index is 0.0520. The van der Waals surface area contributed by atoms with Crippen molar-refractivity contribution in [2.24, 2.45) is 0 Å². The maximum Gasteiger partial charge on any atom is 0.252 e. The molecule has 0 saturated carbocycles. The first-order chi connectivity index (χ1) is 9.99. The first-order valence-corrected chi connectivity index (χ1v) is 9.17. The van der Waals surface area contributed by atoms with Crippen LogP contribution in [0, 0.1) is 3.57 Å². The van der Waals surface area contributed by atoms with Crippen molar-refractivity contribution in [3.8, 4) is 0 Å². The van der Waals surface area contributed by atoms with E-state index in [0.717, 1.165) is 8.04 Å². The molecule has 0 aliphatic rings. The van der Waals surface area contributed by atoms with Crippen molar-refractivity contribution in [1.82, 2.24) is 10.2 Å². The van der Waals surface area contributed by atoms with E-state index in [9.17, 15) is 4.79 Å². The molecule has 1 aromatic heterocycles. The van der Waals surface area contributed by atoms with Crippen LogP contribution < -0.4 is 5.32 Å². The van der Waals surface area contributed by atoms with Gasteiger partial charge in [-0.25, -0.2) is 0 Å². The summed E-state index contributed by atoms with van der Waals surface area (Å²) < 4.78 is 1.86. The van der Waals surface area contributed by atoms with Crippen molar-refractivity contribution >= 4 is 55.8 Å². The smallest absolute Gasteiger partial charge is 0.252 e. The monoisotopic (exact) mass is 478 g/mol. The van der Waals surface area contributed by atoms with Crippen molar-refractivity contribution in [1.29, 1.82) is 0 Å². The molecule has 0 bridgehead atoms. The number of hydrogen-bond acceptors (Lipinski definition) is 3. The maximum atomic E-state index is 12.4. The third kappa shape index (κ3) is 4.51. The number of carbonyl (C=O) groups is 1. The number of rotatable bonds is 5. The minimum atomic E-state index is -0.0520. The first-order valence-electron chi connectivity index (χ1n) is 6.42. The Hall–Kier alpha value is -0.440. The van der Waals surface area contributed by atoms with Crippen molar-refractivity contribution in [2.45, 2.75) is 6.04 Å². The summed E-state index contributed by atoms with van der Waals surface area (Å²) in [6.45, 7) is 0.588. The molecule has 1 atom stereocenters. The molecule has 1 amide bonds. The van der Waals surface area contributed by atoms with Gasteiger partial charge < -0.3 is 10.2 Å². The molecular weight excluding hydrogens is 463 g/mol. The van der Waals surface area contributed by atoms with E-state index in [-0.39, 0.29) is 11.9 Å². The molecule has 3 nitrogen and oxygen atoms in total. The molecule has 112 valence electrons. The number of nitrogens with one attached hydrogen (secondary N) is 1. The second kappa shape index (κ2) is 7.71. The Morgan fingerprint density at radius 1 is 1.43 bits per heavy atom. The second-order valence-corrected chi connectivity index (χ2v) is 7.91. The zero-order chi connectivity index (χ0) is 15.4. The van der Waals surface area contributed by atoms with Crippen LogP contribution in [0.4, 0.5) is 0 Å². The fourth-order valence-electron chi connectivity index (χ4n) is 1.97. The predicted molar refractivity (Wildman–Crippen MR) is 99.9 cm³/mol. The van der Waals surface area contributed by atoms with E-state index >= 15 is 0 Å². The molecule has 0 aliphatic heterocycles. The van der Waals surface area contributed by atoms with Gasteiger partial charge in [0.15, 0.2) is 0 Å². The summed E-state index contributed by atoms with van der Waals surface area (Å²) in [6, 6.07) is 10.1. The largest absolute Gasteiger partial charge is 0.350 e. The van der Waals surface area contributed by atoms with E-state index in [1.54, 1.807) is 11.3 Å². The van der Waals surface area contributed by atoms with Gasteiger partial charge in [0.1, 0.15) is 0 Å². The number of halogens is 2. The molecular formula is C15H16BrIN2OS. The van der Waals surface area contributed by atoms with Gasteiger partial charge in [-0.2, -0.15) is 0 Å². The third-order valence-corrected chi connectivity index (χ3v) is 5.46. The Bertz CT molecular complexity index is 616. The summed E-state index contributed by atoms with van der Waals surface area (Å²) in [6.07, 6.45) is 0. The van der Waals surface area contributed by atoms with Crippen molar-refractivity contribution in [2.75, 3.05) is 20.6 Å². The van der Waals surface area contributed by atoms with Gasteiger partial charge in [0, 0.05) is 19.5 Å². The zero-order valence-electron chi connectivity index (χ0n) is 11.8. The van der Waals surface area contributed by atoms with Crippen molar-refractivity contribution in [3.05, 3.63) is 54.2 Å². The molecule has 1 N–H and O–H groups in total. The summed E-state index contributed by atoms with van der Waals surface area (Å²) in [5.41, 5.74) is 0.672. The van der Waals surface area contributed by atoms with Crippen molar-refractivity contribution in [3.63, 3.8) is 0 Å². The SMILES string of the molecule is CN(C)C(CNC(=O)c1cc(I)ccc1Br)c1cccs1. The van der Waals surface area contributed by atoms with Crippen LogP contribution in [-0.2, 0) is 0 Å². The van der Waals surface area contributed by atoms with E-state index in [1.807, 2.05) is 38.4 Å². The summed E-state index contributed by atoms with van der Waals surface area (Å²) in [7, 11) is 4.05. The molecule has 1 aromatic carbocycles. The van der Waals surface area contributed by atoms with Gasteiger partial charge in [0.2, 0.25) is 0 Å². The highest BCUT2D eigenvalue weighted by atomic mass is 127. The molecule has 6 heteroatoms. The Morgan fingerprint density at radius 2 is 2.19 bits per heavy atom. The molecule has 0 radical (unpaired) electrons. The van der Waals surface area contributed by atoms with Gasteiger partial charge in [-0.15, -0.1) is 11.3 Å². The topological polar surface area (TPSA) is 32.3 Å². The normalized spacial score (nSPS) is 12.4. The van der Waals surface area contributed by atoms with Crippen LogP contribution in [0.2, 0.25) is 0 Å². The number of hydrogen-bond donors (Lipinski definition) is 1. The fraction of sp³-hybridized carbons (Fsp3) is 0.267. The van der Waals surface area contributed by atoms with Crippen LogP contribution >= 0.6 is 49.9 Å². The molecule has 0 aliphatic carbocycles. The molecule has 2 aromatic rings. The van der Waals surface area contributed by atoms with Gasteiger partial charge >= 0.3 is 0 Å². The quantitative estimate of drug-likeness (QED) is 0.655. The van der Waals surface area contributed by atoms with Gasteiger partial charge in [0.25, 0.3) is 5.91 Å². The van der Waals surface area contributed by atoms with Crippen LogP contribution in [0.25, 0.3) is 0 Å². The van der Waals surface area contributed by atoms with Gasteiger partial charge in [-0.05, 0) is 82.3 Å². The zero-order valence-corrected chi connectivity index (χ0v) is 16.3. The molecule has 21 heavy (non-hydrogen) atoms. The molecule has 0 saturated heterocycles. The number of benzene rings is 1.